The van der Waals surface area contributed by atoms with Gasteiger partial charge in [-0.05, 0) is 68.2 Å². The molecule has 3 atom stereocenters. The first kappa shape index (κ1) is 23.0. The highest BCUT2D eigenvalue weighted by molar-refractivity contribution is 8.04. The van der Waals surface area contributed by atoms with Gasteiger partial charge in [0.1, 0.15) is 0 Å². The third-order valence-corrected chi connectivity index (χ3v) is 8.39. The lowest BCUT2D eigenvalue weighted by Crippen LogP contribution is -2.51. The number of carbonyl (C=O) groups is 2. The van der Waals surface area contributed by atoms with E-state index in [0.29, 0.717) is 11.8 Å². The fraction of sp³-hybridized carbons (Fsp3) is 0.385. The van der Waals surface area contributed by atoms with E-state index < -0.39 is 0 Å². The molecule has 1 aliphatic heterocycles. The lowest BCUT2D eigenvalue weighted by atomic mass is 9.84. The molecule has 0 aromatic heterocycles. The third kappa shape index (κ3) is 5.78. The zero-order valence-electron chi connectivity index (χ0n) is 18.6. The largest absolute Gasteiger partial charge is 0.356 e. The Kier molecular flexibility index (Phi) is 7.63. The Morgan fingerprint density at radius 3 is 2.62 bits per heavy atom. The molecule has 2 fully saturated rings. The second-order valence-corrected chi connectivity index (χ2v) is 10.7. The zero-order valence-corrected chi connectivity index (χ0v) is 20.2. The van der Waals surface area contributed by atoms with Crippen LogP contribution in [0.1, 0.15) is 36.0 Å². The highest BCUT2D eigenvalue weighted by Crippen LogP contribution is 2.39. The van der Waals surface area contributed by atoms with Crippen molar-refractivity contribution < 1.29 is 9.59 Å². The Balaban J connectivity index is 1.28. The highest BCUT2D eigenvalue weighted by Gasteiger charge is 2.39. The smallest absolute Gasteiger partial charge is 0.257 e. The molecule has 4 rings (SSSR count). The number of aryl methyl sites for hydroxylation is 1. The van der Waals surface area contributed by atoms with Gasteiger partial charge in [-0.15, -0.1) is 23.5 Å². The van der Waals surface area contributed by atoms with Crippen LogP contribution in [0.2, 0.25) is 0 Å². The molecule has 2 aromatic carbocycles. The molecule has 168 valence electrons. The van der Waals surface area contributed by atoms with Crippen LogP contribution >= 0.6 is 23.5 Å². The van der Waals surface area contributed by atoms with E-state index in [9.17, 15) is 9.59 Å². The van der Waals surface area contributed by atoms with Crippen LogP contribution in [0, 0.1) is 12.8 Å². The topological polar surface area (TPSA) is 58.2 Å². The van der Waals surface area contributed by atoms with Crippen molar-refractivity contribution in [1.29, 1.82) is 0 Å². The molecule has 32 heavy (non-hydrogen) atoms. The Bertz CT molecular complexity index is 986. The summed E-state index contributed by atoms with van der Waals surface area (Å²) >= 11 is 3.40. The van der Waals surface area contributed by atoms with Gasteiger partial charge in [0.15, 0.2) is 0 Å². The molecule has 1 aliphatic carbocycles. The first-order valence-electron chi connectivity index (χ1n) is 11.2. The zero-order chi connectivity index (χ0) is 22.5. The number of nitrogens with one attached hydrogen (secondary N) is 2. The molecule has 0 bridgehead atoms. The van der Waals surface area contributed by atoms with Crippen molar-refractivity contribution in [2.24, 2.45) is 5.92 Å². The van der Waals surface area contributed by atoms with Gasteiger partial charge >= 0.3 is 0 Å². The minimum Gasteiger partial charge on any atom is -0.356 e. The maximum absolute atomic E-state index is 12.7. The van der Waals surface area contributed by atoms with Gasteiger partial charge in [0.2, 0.25) is 5.91 Å². The summed E-state index contributed by atoms with van der Waals surface area (Å²) in [5.74, 6) is 0.0645. The summed E-state index contributed by atoms with van der Waals surface area (Å²) in [6.07, 6.45) is 7.40. The number of carbonyl (C=O) groups excluding carboxylic acids is 2. The van der Waals surface area contributed by atoms with Crippen LogP contribution in [0.4, 0.5) is 0 Å². The second kappa shape index (κ2) is 10.6. The van der Waals surface area contributed by atoms with E-state index >= 15 is 0 Å². The Hall–Kier alpha value is -2.18. The molecule has 2 amide bonds. The quantitative estimate of drug-likeness (QED) is 0.474. The van der Waals surface area contributed by atoms with Crippen LogP contribution in [0.5, 0.6) is 0 Å². The third-order valence-electron chi connectivity index (χ3n) is 6.22. The van der Waals surface area contributed by atoms with Crippen molar-refractivity contribution in [3.05, 3.63) is 70.1 Å². The van der Waals surface area contributed by atoms with E-state index in [1.54, 1.807) is 23.5 Å². The van der Waals surface area contributed by atoms with Gasteiger partial charge in [-0.25, -0.2) is 0 Å². The van der Waals surface area contributed by atoms with E-state index in [0.717, 1.165) is 36.2 Å². The predicted molar refractivity (Wildman–Crippen MR) is 135 cm³/mol. The van der Waals surface area contributed by atoms with Gasteiger partial charge < -0.3 is 10.6 Å². The van der Waals surface area contributed by atoms with Crippen LogP contribution in [-0.4, -0.2) is 35.9 Å². The Morgan fingerprint density at radius 2 is 1.91 bits per heavy atom. The van der Waals surface area contributed by atoms with Crippen LogP contribution in [0.3, 0.4) is 0 Å². The summed E-state index contributed by atoms with van der Waals surface area (Å²) in [5, 5.41) is 6.61. The van der Waals surface area contributed by atoms with Crippen LogP contribution in [0.15, 0.2) is 58.3 Å². The van der Waals surface area contributed by atoms with Crippen LogP contribution in [-0.2, 0) is 16.0 Å². The fourth-order valence-electron chi connectivity index (χ4n) is 4.31. The predicted octanol–water partition coefficient (Wildman–Crippen LogP) is 4.82. The van der Waals surface area contributed by atoms with Gasteiger partial charge in [0, 0.05) is 28.6 Å². The SMILES string of the molecule is CSc1ccc(CCNC(=O)C2CCC3S/C(=C/c4ccc(C)cc4)C(=O)NC3C2)cc1. The summed E-state index contributed by atoms with van der Waals surface area (Å²) in [4.78, 5) is 27.4. The van der Waals surface area contributed by atoms with Crippen molar-refractivity contribution in [2.45, 2.75) is 48.8 Å². The molecule has 6 heteroatoms. The molecule has 1 saturated heterocycles. The van der Waals surface area contributed by atoms with Gasteiger partial charge in [-0.1, -0.05) is 42.0 Å². The van der Waals surface area contributed by atoms with Crippen molar-refractivity contribution in [3.63, 3.8) is 0 Å². The number of hydrogen-bond acceptors (Lipinski definition) is 4. The van der Waals surface area contributed by atoms with E-state index in [-0.39, 0.29) is 23.8 Å². The van der Waals surface area contributed by atoms with E-state index in [4.69, 9.17) is 0 Å². The maximum Gasteiger partial charge on any atom is 0.257 e. The summed E-state index contributed by atoms with van der Waals surface area (Å²) in [7, 11) is 0. The molecule has 2 aromatic rings. The Labute approximate surface area is 199 Å². The van der Waals surface area contributed by atoms with Crippen molar-refractivity contribution >= 4 is 41.4 Å². The average molecular weight is 467 g/mol. The van der Waals surface area contributed by atoms with E-state index in [2.05, 4.69) is 60.2 Å². The average Bonchev–Trinajstić information content (AvgIpc) is 2.81. The van der Waals surface area contributed by atoms with Crippen LogP contribution in [0.25, 0.3) is 6.08 Å². The molecule has 4 nitrogen and oxygen atoms in total. The Morgan fingerprint density at radius 1 is 1.16 bits per heavy atom. The minimum absolute atomic E-state index is 0.0217. The van der Waals surface area contributed by atoms with Crippen molar-refractivity contribution in [2.75, 3.05) is 12.8 Å². The molecule has 1 heterocycles. The molecule has 0 radical (unpaired) electrons. The number of hydrogen-bond donors (Lipinski definition) is 2. The molecule has 0 spiro atoms. The summed E-state index contributed by atoms with van der Waals surface area (Å²) in [6.45, 7) is 2.70. The summed E-state index contributed by atoms with van der Waals surface area (Å²) < 4.78 is 0. The van der Waals surface area contributed by atoms with Gasteiger partial charge in [-0.2, -0.15) is 0 Å². The van der Waals surface area contributed by atoms with Gasteiger partial charge in [0.25, 0.3) is 5.91 Å². The first-order chi connectivity index (χ1) is 15.5. The number of rotatable bonds is 6. The van der Waals surface area contributed by atoms with Gasteiger partial charge in [-0.3, -0.25) is 9.59 Å². The molecular weight excluding hydrogens is 436 g/mol. The molecular formula is C26H30N2O2S2. The van der Waals surface area contributed by atoms with Gasteiger partial charge in [0.05, 0.1) is 4.91 Å². The molecule has 2 N–H and O–H groups in total. The lowest BCUT2D eigenvalue weighted by molar-refractivity contribution is -0.127. The van der Waals surface area contributed by atoms with Crippen LogP contribution < -0.4 is 10.6 Å². The first-order valence-corrected chi connectivity index (χ1v) is 13.3. The lowest BCUT2D eigenvalue weighted by Gasteiger charge is -2.39. The van der Waals surface area contributed by atoms with E-state index in [1.165, 1.54) is 16.0 Å². The number of benzene rings is 2. The maximum atomic E-state index is 12.7. The summed E-state index contributed by atoms with van der Waals surface area (Å²) in [6, 6.07) is 16.8. The monoisotopic (exact) mass is 466 g/mol. The number of amides is 2. The fourth-order valence-corrected chi connectivity index (χ4v) is 6.01. The highest BCUT2D eigenvalue weighted by atomic mass is 32.2. The molecule has 1 saturated carbocycles. The normalized spacial score (nSPS) is 24.0. The van der Waals surface area contributed by atoms with Crippen molar-refractivity contribution in [3.8, 4) is 0 Å². The minimum atomic E-state index is -0.0290. The second-order valence-electron chi connectivity index (χ2n) is 8.55. The standard InChI is InChI=1S/C26H30N2O2S2/c1-17-3-5-19(6-4-17)15-24-26(30)28-22-16-20(9-12-23(22)32-24)25(29)27-14-13-18-7-10-21(31-2)11-8-18/h3-8,10-11,15,20,22-23H,9,12-14,16H2,1-2H3,(H,27,29)(H,28,30)/b24-15+. The number of thioether (sulfide) groups is 2. The summed E-state index contributed by atoms with van der Waals surface area (Å²) in [5.41, 5.74) is 3.48. The van der Waals surface area contributed by atoms with Crippen molar-refractivity contribution in [1.82, 2.24) is 10.6 Å². The number of fused-ring (bicyclic) bond motifs is 1. The molecule has 2 aliphatic rings. The molecule has 3 unspecified atom stereocenters. The van der Waals surface area contributed by atoms with E-state index in [1.807, 2.05) is 18.2 Å².